The highest BCUT2D eigenvalue weighted by molar-refractivity contribution is 6.46. The number of amides is 1. The van der Waals surface area contributed by atoms with E-state index < -0.39 is 17.7 Å². The summed E-state index contributed by atoms with van der Waals surface area (Å²) in [5, 5.41) is 11.4. The SMILES string of the molecule is COc1ccc([C@H]2/C(=C(\O)c3ccc(OCC(C)C)c(C)c3)C(=O)C(=O)N2CCCN(C)C)cc1OC. The van der Waals surface area contributed by atoms with Crippen molar-refractivity contribution in [1.82, 2.24) is 9.80 Å². The van der Waals surface area contributed by atoms with E-state index in [9.17, 15) is 14.7 Å². The van der Waals surface area contributed by atoms with E-state index in [-0.39, 0.29) is 11.3 Å². The van der Waals surface area contributed by atoms with Crippen molar-refractivity contribution in [2.24, 2.45) is 5.92 Å². The Morgan fingerprint density at radius 2 is 1.70 bits per heavy atom. The van der Waals surface area contributed by atoms with E-state index in [1.54, 1.807) is 43.5 Å². The normalized spacial score (nSPS) is 17.1. The minimum atomic E-state index is -0.765. The molecule has 0 bridgehead atoms. The monoisotopic (exact) mass is 510 g/mol. The summed E-state index contributed by atoms with van der Waals surface area (Å²) < 4.78 is 16.7. The Morgan fingerprint density at radius 1 is 1.03 bits per heavy atom. The Kier molecular flexibility index (Phi) is 9.21. The van der Waals surface area contributed by atoms with Gasteiger partial charge in [-0.05, 0) is 81.4 Å². The van der Waals surface area contributed by atoms with Crippen LogP contribution in [0.3, 0.4) is 0 Å². The molecule has 1 amide bonds. The molecule has 1 atom stereocenters. The van der Waals surface area contributed by atoms with Crippen LogP contribution in [0.2, 0.25) is 0 Å². The number of hydrogen-bond donors (Lipinski definition) is 1. The Balaban J connectivity index is 2.10. The van der Waals surface area contributed by atoms with Crippen molar-refractivity contribution in [2.75, 3.05) is 48.0 Å². The molecule has 37 heavy (non-hydrogen) atoms. The number of ether oxygens (including phenoxy) is 3. The molecule has 1 aliphatic rings. The highest BCUT2D eigenvalue weighted by Crippen LogP contribution is 2.42. The lowest BCUT2D eigenvalue weighted by atomic mass is 9.94. The highest BCUT2D eigenvalue weighted by Gasteiger charge is 2.46. The Labute approximate surface area is 219 Å². The van der Waals surface area contributed by atoms with Crippen molar-refractivity contribution in [2.45, 2.75) is 33.2 Å². The average Bonchev–Trinajstić information content (AvgIpc) is 3.11. The van der Waals surface area contributed by atoms with E-state index in [1.165, 1.54) is 12.0 Å². The van der Waals surface area contributed by atoms with E-state index >= 15 is 0 Å². The van der Waals surface area contributed by atoms with Gasteiger partial charge in [0.05, 0.1) is 32.4 Å². The van der Waals surface area contributed by atoms with Crippen molar-refractivity contribution < 1.29 is 28.9 Å². The lowest BCUT2D eigenvalue weighted by molar-refractivity contribution is -0.139. The molecule has 1 heterocycles. The molecule has 8 nitrogen and oxygen atoms in total. The summed E-state index contributed by atoms with van der Waals surface area (Å²) >= 11 is 0. The fraction of sp³-hybridized carbons (Fsp3) is 0.448. The zero-order valence-electron chi connectivity index (χ0n) is 22.8. The van der Waals surface area contributed by atoms with Gasteiger partial charge in [0.2, 0.25) is 0 Å². The van der Waals surface area contributed by atoms with E-state index in [0.717, 1.165) is 12.1 Å². The number of aliphatic hydroxyl groups excluding tert-OH is 1. The summed E-state index contributed by atoms with van der Waals surface area (Å²) in [5.74, 6) is 0.536. The fourth-order valence-corrected chi connectivity index (χ4v) is 4.41. The molecule has 0 saturated carbocycles. The molecular weight excluding hydrogens is 472 g/mol. The van der Waals surface area contributed by atoms with Crippen molar-refractivity contribution in [3.63, 3.8) is 0 Å². The van der Waals surface area contributed by atoms with Crippen molar-refractivity contribution >= 4 is 17.4 Å². The number of ketones is 1. The van der Waals surface area contributed by atoms with Crippen LogP contribution in [0.15, 0.2) is 42.0 Å². The molecule has 1 aliphatic heterocycles. The highest BCUT2D eigenvalue weighted by atomic mass is 16.5. The molecule has 0 unspecified atom stereocenters. The van der Waals surface area contributed by atoms with Crippen LogP contribution in [-0.4, -0.2) is 74.6 Å². The van der Waals surface area contributed by atoms with Gasteiger partial charge in [0.1, 0.15) is 11.5 Å². The molecule has 0 aliphatic carbocycles. The number of likely N-dealkylation sites (tertiary alicyclic amines) is 1. The van der Waals surface area contributed by atoms with E-state index in [4.69, 9.17) is 14.2 Å². The molecule has 0 radical (unpaired) electrons. The zero-order chi connectivity index (χ0) is 27.3. The molecule has 1 N–H and O–H groups in total. The Hall–Kier alpha value is -3.52. The largest absolute Gasteiger partial charge is 0.507 e. The maximum Gasteiger partial charge on any atom is 0.295 e. The molecule has 3 rings (SSSR count). The number of aryl methyl sites for hydroxylation is 1. The van der Waals surface area contributed by atoms with Gasteiger partial charge in [-0.25, -0.2) is 0 Å². The first-order valence-corrected chi connectivity index (χ1v) is 12.5. The van der Waals surface area contributed by atoms with Gasteiger partial charge in [0, 0.05) is 12.1 Å². The van der Waals surface area contributed by atoms with Gasteiger partial charge in [-0.2, -0.15) is 0 Å². The maximum atomic E-state index is 13.3. The molecule has 1 saturated heterocycles. The average molecular weight is 511 g/mol. The van der Waals surface area contributed by atoms with Crippen LogP contribution in [0.5, 0.6) is 17.2 Å². The van der Waals surface area contributed by atoms with Crippen molar-refractivity contribution in [3.05, 3.63) is 58.7 Å². The molecule has 1 fully saturated rings. The predicted octanol–water partition coefficient (Wildman–Crippen LogP) is 4.42. The number of rotatable bonds is 11. The first-order valence-electron chi connectivity index (χ1n) is 12.5. The van der Waals surface area contributed by atoms with Crippen LogP contribution in [0.4, 0.5) is 0 Å². The predicted molar refractivity (Wildman–Crippen MR) is 143 cm³/mol. The number of carbonyl (C=O) groups is 2. The summed E-state index contributed by atoms with van der Waals surface area (Å²) in [6, 6.07) is 9.77. The standard InChI is InChI=1S/C29H38N2O6/c1-18(2)17-37-22-11-10-21(15-19(22)3)27(32)25-26(20-9-12-23(35-6)24(16-20)36-7)31(29(34)28(25)33)14-8-13-30(4)5/h9-12,15-16,18,26,32H,8,13-14,17H2,1-7H3/b27-25+/t26-/m0/s1. The topological polar surface area (TPSA) is 88.5 Å². The summed E-state index contributed by atoms with van der Waals surface area (Å²) in [5.41, 5.74) is 1.98. The summed E-state index contributed by atoms with van der Waals surface area (Å²) in [7, 11) is 6.98. The molecular formula is C29H38N2O6. The van der Waals surface area contributed by atoms with Gasteiger partial charge in [0.25, 0.3) is 11.7 Å². The molecule has 0 spiro atoms. The van der Waals surface area contributed by atoms with Crippen LogP contribution in [0, 0.1) is 12.8 Å². The van der Waals surface area contributed by atoms with Crippen LogP contribution in [0.25, 0.3) is 5.76 Å². The number of methoxy groups -OCH3 is 2. The summed E-state index contributed by atoms with van der Waals surface area (Å²) in [6.07, 6.45) is 0.671. The first-order chi connectivity index (χ1) is 17.6. The first kappa shape index (κ1) is 28.1. The van der Waals surface area contributed by atoms with Crippen LogP contribution < -0.4 is 14.2 Å². The van der Waals surface area contributed by atoms with Gasteiger partial charge in [-0.15, -0.1) is 0 Å². The minimum absolute atomic E-state index is 0.0531. The molecule has 0 aromatic heterocycles. The van der Waals surface area contributed by atoms with Gasteiger partial charge in [-0.3, -0.25) is 9.59 Å². The lowest BCUT2D eigenvalue weighted by Crippen LogP contribution is -2.32. The minimum Gasteiger partial charge on any atom is -0.507 e. The third-order valence-corrected chi connectivity index (χ3v) is 6.29. The number of carbonyl (C=O) groups excluding carboxylic acids is 2. The maximum absolute atomic E-state index is 13.3. The molecule has 2 aromatic carbocycles. The van der Waals surface area contributed by atoms with E-state index in [1.807, 2.05) is 25.9 Å². The third-order valence-electron chi connectivity index (χ3n) is 6.29. The smallest absolute Gasteiger partial charge is 0.295 e. The van der Waals surface area contributed by atoms with Crippen LogP contribution >= 0.6 is 0 Å². The van der Waals surface area contributed by atoms with E-state index in [2.05, 4.69) is 13.8 Å². The second-order valence-electron chi connectivity index (χ2n) is 9.95. The number of aliphatic hydroxyl groups is 1. The van der Waals surface area contributed by atoms with Crippen molar-refractivity contribution in [1.29, 1.82) is 0 Å². The second kappa shape index (κ2) is 12.1. The number of hydrogen-bond acceptors (Lipinski definition) is 7. The second-order valence-corrected chi connectivity index (χ2v) is 9.95. The quantitative estimate of drug-likeness (QED) is 0.272. The summed E-state index contributed by atoms with van der Waals surface area (Å²) in [6.45, 7) is 7.71. The fourth-order valence-electron chi connectivity index (χ4n) is 4.41. The Morgan fingerprint density at radius 3 is 2.30 bits per heavy atom. The van der Waals surface area contributed by atoms with Gasteiger partial charge >= 0.3 is 0 Å². The third kappa shape index (κ3) is 6.25. The Bertz CT molecular complexity index is 1170. The molecule has 200 valence electrons. The van der Waals surface area contributed by atoms with Gasteiger partial charge in [0.15, 0.2) is 11.5 Å². The summed E-state index contributed by atoms with van der Waals surface area (Å²) in [4.78, 5) is 30.1. The van der Waals surface area contributed by atoms with Gasteiger partial charge < -0.3 is 29.1 Å². The van der Waals surface area contributed by atoms with Crippen LogP contribution in [-0.2, 0) is 9.59 Å². The number of nitrogens with zero attached hydrogens (tertiary/aromatic N) is 2. The number of Topliss-reactive ketones (excluding diaryl/α,β-unsaturated/α-hetero) is 1. The van der Waals surface area contributed by atoms with E-state index in [0.29, 0.717) is 53.9 Å². The van der Waals surface area contributed by atoms with Gasteiger partial charge in [-0.1, -0.05) is 19.9 Å². The van der Waals surface area contributed by atoms with Crippen LogP contribution in [0.1, 0.15) is 43.0 Å². The molecule has 2 aromatic rings. The zero-order valence-corrected chi connectivity index (χ0v) is 22.8. The van der Waals surface area contributed by atoms with Crippen molar-refractivity contribution in [3.8, 4) is 17.2 Å². The number of benzene rings is 2. The lowest BCUT2D eigenvalue weighted by Gasteiger charge is -2.26. The molecule has 8 heteroatoms.